The highest BCUT2D eigenvalue weighted by Crippen LogP contribution is 2.25. The number of anilines is 1. The molecule has 0 aromatic carbocycles. The Kier molecular flexibility index (Phi) is 3.13. The molecule has 0 amide bonds. The van der Waals surface area contributed by atoms with Gasteiger partial charge in [-0.3, -0.25) is 0 Å². The van der Waals surface area contributed by atoms with Crippen molar-refractivity contribution in [1.82, 2.24) is 9.97 Å². The Bertz CT molecular complexity index is 325. The largest absolute Gasteiger partial charge is 0.387 e. The van der Waals surface area contributed by atoms with Gasteiger partial charge in [-0.25, -0.2) is 9.97 Å². The second-order valence-corrected chi connectivity index (χ2v) is 3.75. The van der Waals surface area contributed by atoms with E-state index in [-0.39, 0.29) is 6.54 Å². The van der Waals surface area contributed by atoms with Gasteiger partial charge in [0.1, 0.15) is 12.1 Å². The van der Waals surface area contributed by atoms with Gasteiger partial charge in [-0.2, -0.15) is 0 Å². The molecule has 82 valence electrons. The molecule has 1 fully saturated rings. The fourth-order valence-corrected chi connectivity index (χ4v) is 1.89. The first-order valence-electron chi connectivity index (χ1n) is 5.26. The lowest BCUT2D eigenvalue weighted by atomic mass is 10.1. The summed E-state index contributed by atoms with van der Waals surface area (Å²) < 4.78 is 0. The van der Waals surface area contributed by atoms with Crippen LogP contribution in [0.3, 0.4) is 0 Å². The van der Waals surface area contributed by atoms with Gasteiger partial charge in [-0.15, -0.1) is 0 Å². The van der Waals surface area contributed by atoms with E-state index in [1.807, 2.05) is 0 Å². The molecule has 0 saturated carbocycles. The van der Waals surface area contributed by atoms with Gasteiger partial charge in [-0.1, -0.05) is 0 Å². The first-order chi connectivity index (χ1) is 7.33. The van der Waals surface area contributed by atoms with Gasteiger partial charge in [0.2, 0.25) is 0 Å². The van der Waals surface area contributed by atoms with Gasteiger partial charge in [0.05, 0.1) is 6.10 Å². The predicted octanol–water partition coefficient (Wildman–Crippen LogP) is 0.0689. The van der Waals surface area contributed by atoms with E-state index in [1.54, 1.807) is 6.20 Å². The number of aliphatic hydroxyl groups is 1. The van der Waals surface area contributed by atoms with E-state index < -0.39 is 6.10 Å². The molecule has 0 aliphatic carbocycles. The average molecular weight is 208 g/mol. The maximum Gasteiger partial charge on any atom is 0.137 e. The molecule has 1 aromatic rings. The summed E-state index contributed by atoms with van der Waals surface area (Å²) in [7, 11) is 0. The SMILES string of the molecule is NCC(O)c1cncnc1N1CCCC1. The standard InChI is InChI=1S/C10H16N4O/c11-5-9(15)8-6-12-7-13-10(8)14-3-1-2-4-14/h6-7,9,15H,1-5,11H2. The van der Waals surface area contributed by atoms with E-state index in [2.05, 4.69) is 14.9 Å². The van der Waals surface area contributed by atoms with Crippen LogP contribution in [0, 0.1) is 0 Å². The van der Waals surface area contributed by atoms with Gasteiger partial charge < -0.3 is 15.7 Å². The van der Waals surface area contributed by atoms with Crippen molar-refractivity contribution >= 4 is 5.82 Å². The molecule has 0 bridgehead atoms. The number of hydrogen-bond acceptors (Lipinski definition) is 5. The van der Waals surface area contributed by atoms with Crippen LogP contribution in [-0.2, 0) is 0 Å². The third-order valence-electron chi connectivity index (χ3n) is 2.71. The number of aromatic nitrogens is 2. The van der Waals surface area contributed by atoms with Crippen molar-refractivity contribution in [2.24, 2.45) is 5.73 Å². The molecule has 15 heavy (non-hydrogen) atoms. The van der Waals surface area contributed by atoms with Crippen molar-refractivity contribution < 1.29 is 5.11 Å². The lowest BCUT2D eigenvalue weighted by Gasteiger charge is -2.21. The Morgan fingerprint density at radius 1 is 1.47 bits per heavy atom. The lowest BCUT2D eigenvalue weighted by Crippen LogP contribution is -2.23. The minimum atomic E-state index is -0.665. The maximum absolute atomic E-state index is 9.74. The second kappa shape index (κ2) is 4.55. The van der Waals surface area contributed by atoms with Crippen LogP contribution in [-0.4, -0.2) is 34.7 Å². The Morgan fingerprint density at radius 3 is 2.87 bits per heavy atom. The minimum absolute atomic E-state index is 0.203. The first kappa shape index (κ1) is 10.3. The summed E-state index contributed by atoms with van der Waals surface area (Å²) >= 11 is 0. The quantitative estimate of drug-likeness (QED) is 0.735. The molecule has 2 rings (SSSR count). The summed E-state index contributed by atoms with van der Waals surface area (Å²) in [6, 6.07) is 0. The predicted molar refractivity (Wildman–Crippen MR) is 57.5 cm³/mol. The lowest BCUT2D eigenvalue weighted by molar-refractivity contribution is 0.186. The molecule has 5 nitrogen and oxygen atoms in total. The summed E-state index contributed by atoms with van der Waals surface area (Å²) in [5.74, 6) is 0.834. The molecule has 0 spiro atoms. The van der Waals surface area contributed by atoms with Gasteiger partial charge in [0.15, 0.2) is 0 Å². The minimum Gasteiger partial charge on any atom is -0.387 e. The monoisotopic (exact) mass is 208 g/mol. The third kappa shape index (κ3) is 2.08. The molecule has 2 heterocycles. The number of hydrogen-bond donors (Lipinski definition) is 2. The van der Waals surface area contributed by atoms with Crippen molar-refractivity contribution in [1.29, 1.82) is 0 Å². The summed E-state index contributed by atoms with van der Waals surface area (Å²) in [5.41, 5.74) is 6.19. The van der Waals surface area contributed by atoms with Crippen molar-refractivity contribution in [2.75, 3.05) is 24.5 Å². The van der Waals surface area contributed by atoms with E-state index in [1.165, 1.54) is 19.2 Å². The smallest absolute Gasteiger partial charge is 0.137 e. The zero-order valence-corrected chi connectivity index (χ0v) is 8.63. The van der Waals surface area contributed by atoms with Crippen LogP contribution < -0.4 is 10.6 Å². The van der Waals surface area contributed by atoms with Gasteiger partial charge in [0, 0.05) is 31.4 Å². The molecule has 1 saturated heterocycles. The Balaban J connectivity index is 2.28. The normalized spacial score (nSPS) is 18.1. The van der Waals surface area contributed by atoms with Crippen LogP contribution in [0.2, 0.25) is 0 Å². The summed E-state index contributed by atoms with van der Waals surface area (Å²) in [6.07, 6.45) is 4.87. The van der Waals surface area contributed by atoms with Crippen LogP contribution in [0.1, 0.15) is 24.5 Å². The molecular formula is C10H16N4O. The second-order valence-electron chi connectivity index (χ2n) is 3.75. The van der Waals surface area contributed by atoms with Crippen LogP contribution in [0.15, 0.2) is 12.5 Å². The van der Waals surface area contributed by atoms with E-state index in [4.69, 9.17) is 5.73 Å². The Hall–Kier alpha value is -1.20. The average Bonchev–Trinajstić information content (AvgIpc) is 2.81. The highest BCUT2D eigenvalue weighted by molar-refractivity contribution is 5.47. The fraction of sp³-hybridized carbons (Fsp3) is 0.600. The molecule has 1 unspecified atom stereocenters. The van der Waals surface area contributed by atoms with Gasteiger partial charge in [-0.05, 0) is 12.8 Å². The molecule has 1 aliphatic rings. The fourth-order valence-electron chi connectivity index (χ4n) is 1.89. The first-order valence-corrected chi connectivity index (χ1v) is 5.26. The van der Waals surface area contributed by atoms with Crippen LogP contribution in [0.25, 0.3) is 0 Å². The molecule has 3 N–H and O–H groups in total. The van der Waals surface area contributed by atoms with Crippen molar-refractivity contribution in [3.8, 4) is 0 Å². The highest BCUT2D eigenvalue weighted by Gasteiger charge is 2.20. The number of nitrogens with two attached hydrogens (primary N) is 1. The molecular weight excluding hydrogens is 192 g/mol. The highest BCUT2D eigenvalue weighted by atomic mass is 16.3. The zero-order chi connectivity index (χ0) is 10.7. The maximum atomic E-state index is 9.74. The zero-order valence-electron chi connectivity index (χ0n) is 8.63. The molecule has 5 heteroatoms. The summed E-state index contributed by atoms with van der Waals surface area (Å²) in [4.78, 5) is 10.3. The van der Waals surface area contributed by atoms with Gasteiger partial charge in [0.25, 0.3) is 0 Å². The van der Waals surface area contributed by atoms with Crippen LogP contribution in [0.4, 0.5) is 5.82 Å². The Labute approximate surface area is 88.9 Å². The Morgan fingerprint density at radius 2 is 2.20 bits per heavy atom. The third-order valence-corrected chi connectivity index (χ3v) is 2.71. The van der Waals surface area contributed by atoms with E-state index in [0.717, 1.165) is 24.5 Å². The van der Waals surface area contributed by atoms with E-state index in [0.29, 0.717) is 0 Å². The molecule has 1 aliphatic heterocycles. The summed E-state index contributed by atoms with van der Waals surface area (Å²) in [5, 5.41) is 9.74. The van der Waals surface area contributed by atoms with Gasteiger partial charge >= 0.3 is 0 Å². The van der Waals surface area contributed by atoms with Crippen LogP contribution >= 0.6 is 0 Å². The number of aliphatic hydroxyl groups excluding tert-OH is 1. The summed E-state index contributed by atoms with van der Waals surface area (Å²) in [6.45, 7) is 2.21. The topological polar surface area (TPSA) is 75.3 Å². The molecule has 1 atom stereocenters. The number of nitrogens with zero attached hydrogens (tertiary/aromatic N) is 3. The van der Waals surface area contributed by atoms with Crippen molar-refractivity contribution in [3.63, 3.8) is 0 Å². The van der Waals surface area contributed by atoms with E-state index in [9.17, 15) is 5.11 Å². The van der Waals surface area contributed by atoms with E-state index >= 15 is 0 Å². The van der Waals surface area contributed by atoms with Crippen molar-refractivity contribution in [3.05, 3.63) is 18.1 Å². The molecule has 0 radical (unpaired) electrons. The van der Waals surface area contributed by atoms with Crippen LogP contribution in [0.5, 0.6) is 0 Å². The van der Waals surface area contributed by atoms with Crippen molar-refractivity contribution in [2.45, 2.75) is 18.9 Å². The number of rotatable bonds is 3. The molecule has 1 aromatic heterocycles.